The van der Waals surface area contributed by atoms with Gasteiger partial charge in [-0.2, -0.15) is 0 Å². The van der Waals surface area contributed by atoms with Crippen molar-refractivity contribution in [2.24, 2.45) is 23.2 Å². The second-order valence-corrected chi connectivity index (χ2v) is 8.99. The van der Waals surface area contributed by atoms with E-state index in [1.165, 1.54) is 5.57 Å². The third kappa shape index (κ3) is 2.14. The van der Waals surface area contributed by atoms with Crippen LogP contribution in [0.2, 0.25) is 0 Å². The summed E-state index contributed by atoms with van der Waals surface area (Å²) in [7, 11) is 1.71. The van der Waals surface area contributed by atoms with Gasteiger partial charge in [-0.25, -0.2) is 0 Å². The zero-order valence-corrected chi connectivity index (χ0v) is 16.0. The maximum atomic E-state index is 11.6. The smallest absolute Gasteiger partial charge is 0.133 e. The molecule has 3 aliphatic rings. The first-order chi connectivity index (χ1) is 11.2. The molecule has 1 heterocycles. The standard InChI is InChI=1S/C21H34O3/c1-13(2)16-8-10-19(6,15(16)5)18(22)21-17(14(3)4)9-11-20(21,24-21)12-23-7/h13,16-18,22H,3,5,8-12H2,1-2,4,6-7H3/t16-,17+,18+,19+,20+,21-/m1/s1. The Kier molecular flexibility index (Phi) is 4.30. The lowest BCUT2D eigenvalue weighted by Gasteiger charge is -2.39. The molecule has 2 saturated carbocycles. The monoisotopic (exact) mass is 334 g/mol. The highest BCUT2D eigenvalue weighted by molar-refractivity contribution is 5.36. The van der Waals surface area contributed by atoms with Crippen LogP contribution < -0.4 is 0 Å². The molecule has 3 rings (SSSR count). The second-order valence-electron chi connectivity index (χ2n) is 8.99. The van der Waals surface area contributed by atoms with Crippen molar-refractivity contribution in [3.8, 4) is 0 Å². The lowest BCUT2D eigenvalue weighted by molar-refractivity contribution is -0.0236. The molecule has 3 fully saturated rings. The van der Waals surface area contributed by atoms with Gasteiger partial charge in [0.2, 0.25) is 0 Å². The van der Waals surface area contributed by atoms with E-state index >= 15 is 0 Å². The van der Waals surface area contributed by atoms with Crippen LogP contribution >= 0.6 is 0 Å². The summed E-state index contributed by atoms with van der Waals surface area (Å²) in [6, 6.07) is 0. The first kappa shape index (κ1) is 18.2. The van der Waals surface area contributed by atoms with E-state index in [-0.39, 0.29) is 16.9 Å². The fourth-order valence-electron chi connectivity index (χ4n) is 5.82. The van der Waals surface area contributed by atoms with Gasteiger partial charge in [-0.05, 0) is 44.4 Å². The van der Waals surface area contributed by atoms with Gasteiger partial charge in [-0.15, -0.1) is 0 Å². The molecule has 0 aromatic rings. The van der Waals surface area contributed by atoms with Gasteiger partial charge in [0.25, 0.3) is 0 Å². The topological polar surface area (TPSA) is 42.0 Å². The Morgan fingerprint density at radius 1 is 1.38 bits per heavy atom. The van der Waals surface area contributed by atoms with Crippen molar-refractivity contribution in [1.29, 1.82) is 0 Å². The van der Waals surface area contributed by atoms with Crippen LogP contribution in [0.5, 0.6) is 0 Å². The van der Waals surface area contributed by atoms with Crippen molar-refractivity contribution in [2.45, 2.75) is 70.7 Å². The maximum Gasteiger partial charge on any atom is 0.133 e. The lowest BCUT2D eigenvalue weighted by Crippen LogP contribution is -2.50. The highest BCUT2D eigenvalue weighted by atomic mass is 16.7. The third-order valence-corrected chi connectivity index (χ3v) is 7.33. The van der Waals surface area contributed by atoms with Crippen LogP contribution in [0.3, 0.4) is 0 Å². The Morgan fingerprint density at radius 2 is 2.04 bits per heavy atom. The summed E-state index contributed by atoms with van der Waals surface area (Å²) in [6.45, 7) is 17.9. The summed E-state index contributed by atoms with van der Waals surface area (Å²) in [4.78, 5) is 0. The predicted octanol–water partition coefficient (Wildman–Crippen LogP) is 4.12. The minimum Gasteiger partial charge on any atom is -0.389 e. The van der Waals surface area contributed by atoms with E-state index in [4.69, 9.17) is 9.47 Å². The van der Waals surface area contributed by atoms with Crippen molar-refractivity contribution in [1.82, 2.24) is 0 Å². The zero-order chi connectivity index (χ0) is 17.9. The van der Waals surface area contributed by atoms with E-state index in [1.54, 1.807) is 7.11 Å². The highest BCUT2D eigenvalue weighted by Crippen LogP contribution is 2.69. The van der Waals surface area contributed by atoms with E-state index in [9.17, 15) is 5.11 Å². The van der Waals surface area contributed by atoms with Crippen LogP contribution in [0, 0.1) is 23.2 Å². The van der Waals surface area contributed by atoms with Gasteiger partial charge in [0.05, 0.1) is 12.7 Å². The number of aliphatic hydroxyl groups excluding tert-OH is 1. The summed E-state index contributed by atoms with van der Waals surface area (Å²) in [6.07, 6.45) is 3.49. The van der Waals surface area contributed by atoms with E-state index in [2.05, 4.69) is 40.9 Å². The van der Waals surface area contributed by atoms with Gasteiger partial charge in [0, 0.05) is 18.4 Å². The third-order valence-electron chi connectivity index (χ3n) is 7.33. The van der Waals surface area contributed by atoms with Crippen molar-refractivity contribution >= 4 is 0 Å². The molecule has 0 unspecified atom stereocenters. The van der Waals surface area contributed by atoms with Crippen LogP contribution in [0.4, 0.5) is 0 Å². The van der Waals surface area contributed by atoms with Crippen LogP contribution in [0.15, 0.2) is 24.3 Å². The summed E-state index contributed by atoms with van der Waals surface area (Å²) >= 11 is 0. The average Bonchev–Trinajstić information content (AvgIpc) is 2.87. The van der Waals surface area contributed by atoms with E-state index < -0.39 is 11.7 Å². The van der Waals surface area contributed by atoms with Gasteiger partial charge in [0.1, 0.15) is 11.2 Å². The molecular formula is C21H34O3. The molecule has 0 aromatic carbocycles. The molecule has 0 amide bonds. The normalized spacial score (nSPS) is 45.5. The molecule has 0 spiro atoms. The Balaban J connectivity index is 1.94. The molecule has 0 aromatic heterocycles. The Hall–Kier alpha value is -0.640. The van der Waals surface area contributed by atoms with Crippen molar-refractivity contribution in [3.63, 3.8) is 0 Å². The number of fused-ring (bicyclic) bond motifs is 1. The second kappa shape index (κ2) is 5.69. The van der Waals surface area contributed by atoms with Crippen LogP contribution in [0.25, 0.3) is 0 Å². The summed E-state index contributed by atoms with van der Waals surface area (Å²) < 4.78 is 11.8. The average molecular weight is 335 g/mol. The molecule has 3 heteroatoms. The number of methoxy groups -OCH3 is 1. The Bertz CT molecular complexity index is 553. The van der Waals surface area contributed by atoms with Gasteiger partial charge in [0.15, 0.2) is 0 Å². The van der Waals surface area contributed by atoms with Crippen LogP contribution in [0.1, 0.15) is 53.4 Å². The minimum atomic E-state index is -0.555. The highest BCUT2D eigenvalue weighted by Gasteiger charge is 2.81. The lowest BCUT2D eigenvalue weighted by atomic mass is 9.67. The van der Waals surface area contributed by atoms with E-state index in [0.29, 0.717) is 18.4 Å². The van der Waals surface area contributed by atoms with E-state index in [0.717, 1.165) is 31.3 Å². The van der Waals surface area contributed by atoms with Gasteiger partial charge in [-0.3, -0.25) is 0 Å². The molecule has 2 aliphatic carbocycles. The fourth-order valence-corrected chi connectivity index (χ4v) is 5.82. The molecule has 24 heavy (non-hydrogen) atoms. The zero-order valence-electron chi connectivity index (χ0n) is 16.0. The fraction of sp³-hybridized carbons (Fsp3) is 0.810. The molecule has 0 bridgehead atoms. The Labute approximate surface area is 147 Å². The molecule has 1 aliphatic heterocycles. The van der Waals surface area contributed by atoms with Crippen LogP contribution in [-0.4, -0.2) is 36.1 Å². The largest absolute Gasteiger partial charge is 0.389 e. The molecular weight excluding hydrogens is 300 g/mol. The van der Waals surface area contributed by atoms with E-state index in [1.807, 2.05) is 0 Å². The first-order valence-electron chi connectivity index (χ1n) is 9.38. The molecule has 6 atom stereocenters. The predicted molar refractivity (Wildman–Crippen MR) is 96.8 cm³/mol. The number of ether oxygens (including phenoxy) is 2. The summed E-state index contributed by atoms with van der Waals surface area (Å²) in [5, 5.41) is 11.6. The molecule has 1 saturated heterocycles. The number of hydrogen-bond acceptors (Lipinski definition) is 3. The number of aliphatic hydroxyl groups is 1. The first-order valence-corrected chi connectivity index (χ1v) is 9.38. The minimum absolute atomic E-state index is 0.199. The molecule has 136 valence electrons. The van der Waals surface area contributed by atoms with Crippen molar-refractivity contribution in [2.75, 3.05) is 13.7 Å². The molecule has 3 nitrogen and oxygen atoms in total. The SMILES string of the molecule is C=C(C)[C@@H]1CC[C@@]2(COC)O[C@@]12[C@@H](O)[C@@]1(C)CC[C@H](C(C)C)C1=C. The van der Waals surface area contributed by atoms with Gasteiger partial charge >= 0.3 is 0 Å². The molecule has 0 radical (unpaired) electrons. The maximum absolute atomic E-state index is 11.6. The quantitative estimate of drug-likeness (QED) is 0.587. The summed E-state index contributed by atoms with van der Waals surface area (Å²) in [5.41, 5.74) is 1.14. The Morgan fingerprint density at radius 3 is 2.54 bits per heavy atom. The number of rotatable bonds is 6. The van der Waals surface area contributed by atoms with Gasteiger partial charge in [-0.1, -0.05) is 45.1 Å². The summed E-state index contributed by atoms with van der Waals surface area (Å²) in [5.74, 6) is 1.25. The van der Waals surface area contributed by atoms with Crippen LogP contribution in [-0.2, 0) is 9.47 Å². The van der Waals surface area contributed by atoms with Crippen molar-refractivity contribution in [3.05, 3.63) is 24.3 Å². The van der Waals surface area contributed by atoms with Crippen molar-refractivity contribution < 1.29 is 14.6 Å². The number of epoxide rings is 1. The van der Waals surface area contributed by atoms with Gasteiger partial charge < -0.3 is 14.6 Å². The number of hydrogen-bond donors (Lipinski definition) is 1. The molecule has 1 N–H and O–H groups in total.